The summed E-state index contributed by atoms with van der Waals surface area (Å²) in [5.74, 6) is 1.41. The van der Waals surface area contributed by atoms with E-state index in [1.54, 1.807) is 17.4 Å². The number of nitrogens with zero attached hydrogens (tertiary/aromatic N) is 3. The molecule has 0 spiro atoms. The topological polar surface area (TPSA) is 72.5 Å². The molecule has 164 valence electrons. The molecule has 1 fully saturated rings. The Morgan fingerprint density at radius 1 is 1.29 bits per heavy atom. The molecule has 3 aromatic rings. The molecule has 0 aromatic carbocycles. The maximum atomic E-state index is 12.6. The van der Waals surface area contributed by atoms with E-state index in [-0.39, 0.29) is 11.9 Å². The summed E-state index contributed by atoms with van der Waals surface area (Å²) in [6.45, 7) is 9.69. The summed E-state index contributed by atoms with van der Waals surface area (Å²) in [5.41, 5.74) is 3.03. The van der Waals surface area contributed by atoms with Gasteiger partial charge in [-0.25, -0.2) is 0 Å². The fourth-order valence-electron chi connectivity index (χ4n) is 3.97. The van der Waals surface area contributed by atoms with E-state index in [9.17, 15) is 4.79 Å². The van der Waals surface area contributed by atoms with Crippen molar-refractivity contribution in [3.8, 4) is 5.82 Å². The number of aryl methyl sites for hydroxylation is 2. The van der Waals surface area contributed by atoms with Crippen LogP contribution < -0.4 is 5.32 Å². The van der Waals surface area contributed by atoms with Crippen molar-refractivity contribution in [2.45, 2.75) is 26.8 Å². The number of nitrogens with one attached hydrogen (secondary N) is 1. The number of rotatable bonds is 7. The SMILES string of the molecule is Cc1cc(-n2c(C)cc(/C=C/C(=O)NCC(c3cccs3)N3CCOCC3)c2C)no1. The van der Waals surface area contributed by atoms with Gasteiger partial charge >= 0.3 is 0 Å². The van der Waals surface area contributed by atoms with E-state index in [1.165, 1.54) is 4.88 Å². The molecule has 1 N–H and O–H groups in total. The van der Waals surface area contributed by atoms with Crippen LogP contribution in [0.25, 0.3) is 11.9 Å². The zero-order valence-corrected chi connectivity index (χ0v) is 18.9. The van der Waals surface area contributed by atoms with Gasteiger partial charge in [0.2, 0.25) is 5.91 Å². The van der Waals surface area contributed by atoms with E-state index in [0.29, 0.717) is 6.54 Å². The Labute approximate surface area is 186 Å². The minimum absolute atomic E-state index is 0.100. The van der Waals surface area contributed by atoms with Crippen LogP contribution in [0.15, 0.2) is 40.2 Å². The highest BCUT2D eigenvalue weighted by atomic mass is 32.1. The number of carbonyl (C=O) groups excluding carboxylic acids is 1. The average molecular weight is 441 g/mol. The van der Waals surface area contributed by atoms with Crippen molar-refractivity contribution in [2.24, 2.45) is 0 Å². The monoisotopic (exact) mass is 440 g/mol. The van der Waals surface area contributed by atoms with Crippen LogP contribution in [0.2, 0.25) is 0 Å². The van der Waals surface area contributed by atoms with Crippen LogP contribution in [0.4, 0.5) is 0 Å². The predicted molar refractivity (Wildman–Crippen MR) is 122 cm³/mol. The molecule has 0 aliphatic carbocycles. The first kappa shape index (κ1) is 21.5. The van der Waals surface area contributed by atoms with Gasteiger partial charge in [-0.1, -0.05) is 11.2 Å². The third-order valence-corrected chi connectivity index (χ3v) is 6.53. The van der Waals surface area contributed by atoms with E-state index in [1.807, 2.05) is 43.5 Å². The van der Waals surface area contributed by atoms with Crippen molar-refractivity contribution in [1.82, 2.24) is 19.9 Å². The van der Waals surface area contributed by atoms with Gasteiger partial charge < -0.3 is 14.6 Å². The van der Waals surface area contributed by atoms with Gasteiger partial charge in [-0.05, 0) is 49.9 Å². The molecule has 4 rings (SSSR count). The van der Waals surface area contributed by atoms with Crippen molar-refractivity contribution >= 4 is 23.3 Å². The van der Waals surface area contributed by atoms with E-state index in [4.69, 9.17) is 9.26 Å². The van der Waals surface area contributed by atoms with Crippen molar-refractivity contribution in [2.75, 3.05) is 32.8 Å². The maximum absolute atomic E-state index is 12.6. The van der Waals surface area contributed by atoms with Crippen molar-refractivity contribution in [1.29, 1.82) is 0 Å². The van der Waals surface area contributed by atoms with Gasteiger partial charge in [-0.3, -0.25) is 14.3 Å². The highest BCUT2D eigenvalue weighted by Crippen LogP contribution is 2.25. The minimum atomic E-state index is -0.100. The van der Waals surface area contributed by atoms with Crippen LogP contribution in [-0.2, 0) is 9.53 Å². The van der Waals surface area contributed by atoms with Gasteiger partial charge in [0.1, 0.15) is 5.76 Å². The molecule has 0 radical (unpaired) electrons. The second-order valence-electron chi connectivity index (χ2n) is 7.72. The number of amides is 1. The number of thiophene rings is 1. The standard InChI is InChI=1S/C23H28N4O3S/c1-16-13-19(18(3)27(16)22-14-17(2)30-25-22)6-7-23(28)24-15-20(21-5-4-12-31-21)26-8-10-29-11-9-26/h4-7,12-14,20H,8-11,15H2,1-3H3,(H,24,28)/b7-6+. The molecular formula is C23H28N4O3S. The smallest absolute Gasteiger partial charge is 0.244 e. The fraction of sp³-hybridized carbons (Fsp3) is 0.391. The lowest BCUT2D eigenvalue weighted by atomic mass is 10.2. The van der Waals surface area contributed by atoms with E-state index < -0.39 is 0 Å². The van der Waals surface area contributed by atoms with Crippen LogP contribution in [0.1, 0.15) is 33.6 Å². The largest absolute Gasteiger partial charge is 0.379 e. The first-order valence-corrected chi connectivity index (χ1v) is 11.3. The molecule has 0 saturated carbocycles. The number of hydrogen-bond acceptors (Lipinski definition) is 6. The van der Waals surface area contributed by atoms with Gasteiger partial charge in [-0.15, -0.1) is 11.3 Å². The lowest BCUT2D eigenvalue weighted by Gasteiger charge is -2.34. The quantitative estimate of drug-likeness (QED) is 0.568. The third-order valence-electron chi connectivity index (χ3n) is 5.56. The Morgan fingerprint density at radius 3 is 2.77 bits per heavy atom. The Kier molecular flexibility index (Phi) is 6.70. The molecule has 1 saturated heterocycles. The second kappa shape index (κ2) is 9.64. The molecule has 3 aromatic heterocycles. The molecule has 0 bridgehead atoms. The summed E-state index contributed by atoms with van der Waals surface area (Å²) in [5, 5.41) is 9.26. The van der Waals surface area contributed by atoms with Crippen LogP contribution in [0.3, 0.4) is 0 Å². The Bertz CT molecular complexity index is 1050. The van der Waals surface area contributed by atoms with E-state index >= 15 is 0 Å². The van der Waals surface area contributed by atoms with Gasteiger partial charge in [0.25, 0.3) is 0 Å². The first-order chi connectivity index (χ1) is 15.0. The number of hydrogen-bond donors (Lipinski definition) is 1. The first-order valence-electron chi connectivity index (χ1n) is 10.5. The van der Waals surface area contributed by atoms with Crippen LogP contribution in [0, 0.1) is 20.8 Å². The van der Waals surface area contributed by atoms with Crippen LogP contribution in [0.5, 0.6) is 0 Å². The number of aromatic nitrogens is 2. The fourth-order valence-corrected chi connectivity index (χ4v) is 4.83. The summed E-state index contributed by atoms with van der Waals surface area (Å²) in [6.07, 6.45) is 3.46. The van der Waals surface area contributed by atoms with Gasteiger partial charge in [0.15, 0.2) is 5.82 Å². The summed E-state index contributed by atoms with van der Waals surface area (Å²) < 4.78 is 12.7. The van der Waals surface area contributed by atoms with Crippen molar-refractivity contribution in [3.05, 3.63) is 63.3 Å². The molecule has 4 heterocycles. The molecular weight excluding hydrogens is 412 g/mol. The minimum Gasteiger partial charge on any atom is -0.379 e. The molecule has 7 nitrogen and oxygen atoms in total. The molecule has 1 aliphatic heterocycles. The van der Waals surface area contributed by atoms with Crippen LogP contribution in [-0.4, -0.2) is 53.4 Å². The highest BCUT2D eigenvalue weighted by molar-refractivity contribution is 7.10. The van der Waals surface area contributed by atoms with Gasteiger partial charge in [0, 0.05) is 48.0 Å². The zero-order chi connectivity index (χ0) is 21.8. The molecule has 1 atom stereocenters. The normalized spacial score (nSPS) is 16.1. The average Bonchev–Trinajstić information content (AvgIpc) is 3.49. The van der Waals surface area contributed by atoms with Crippen molar-refractivity contribution in [3.63, 3.8) is 0 Å². The summed E-state index contributed by atoms with van der Waals surface area (Å²) >= 11 is 1.72. The molecule has 1 unspecified atom stereocenters. The van der Waals surface area contributed by atoms with E-state index in [2.05, 4.69) is 32.9 Å². The van der Waals surface area contributed by atoms with Gasteiger partial charge in [0.05, 0.1) is 19.3 Å². The maximum Gasteiger partial charge on any atom is 0.244 e. The summed E-state index contributed by atoms with van der Waals surface area (Å²) in [6, 6.07) is 8.30. The summed E-state index contributed by atoms with van der Waals surface area (Å²) in [4.78, 5) is 16.2. The summed E-state index contributed by atoms with van der Waals surface area (Å²) in [7, 11) is 0. The number of ether oxygens (including phenoxy) is 1. The molecule has 31 heavy (non-hydrogen) atoms. The number of carbonyl (C=O) groups is 1. The lowest BCUT2D eigenvalue weighted by Crippen LogP contribution is -2.43. The highest BCUT2D eigenvalue weighted by Gasteiger charge is 2.23. The van der Waals surface area contributed by atoms with Crippen molar-refractivity contribution < 1.29 is 14.1 Å². The molecule has 1 aliphatic rings. The Hall–Kier alpha value is -2.68. The van der Waals surface area contributed by atoms with Gasteiger partial charge in [-0.2, -0.15) is 0 Å². The van der Waals surface area contributed by atoms with E-state index in [0.717, 1.165) is 54.8 Å². The predicted octanol–water partition coefficient (Wildman–Crippen LogP) is 3.65. The Morgan fingerprint density at radius 2 is 2.10 bits per heavy atom. The second-order valence-corrected chi connectivity index (χ2v) is 8.69. The number of morpholine rings is 1. The lowest BCUT2D eigenvalue weighted by molar-refractivity contribution is -0.116. The molecule has 8 heteroatoms. The Balaban J connectivity index is 1.42. The van der Waals surface area contributed by atoms with Crippen LogP contribution >= 0.6 is 11.3 Å². The zero-order valence-electron chi connectivity index (χ0n) is 18.1. The molecule has 1 amide bonds. The third kappa shape index (κ3) is 4.98.